The number of rotatable bonds is 3. The lowest BCUT2D eigenvalue weighted by atomic mass is 10.2. The second-order valence-electron chi connectivity index (χ2n) is 4.45. The monoisotopic (exact) mass is 332 g/mol. The van der Waals surface area contributed by atoms with Crippen molar-refractivity contribution in [3.63, 3.8) is 0 Å². The fourth-order valence-electron chi connectivity index (χ4n) is 2.24. The van der Waals surface area contributed by atoms with Gasteiger partial charge in [-0.3, -0.25) is 0 Å². The van der Waals surface area contributed by atoms with Gasteiger partial charge in [-0.2, -0.15) is 0 Å². The number of nitrogens with zero attached hydrogens (tertiary/aromatic N) is 4. The molecule has 0 spiro atoms. The zero-order valence-corrected chi connectivity index (χ0v) is 11.9. The first kappa shape index (κ1) is 12.0. The molecule has 4 nitrogen and oxygen atoms in total. The summed E-state index contributed by atoms with van der Waals surface area (Å²) >= 11 is 2.31. The van der Waals surface area contributed by atoms with E-state index >= 15 is 0 Å². The van der Waals surface area contributed by atoms with Gasteiger partial charge in [0.25, 0.3) is 0 Å². The molecule has 16 heavy (non-hydrogen) atoms. The lowest BCUT2D eigenvalue weighted by molar-refractivity contribution is 0.371. The predicted octanol–water partition coefficient (Wildman–Crippen LogP) is 1.61. The van der Waals surface area contributed by atoms with Crippen LogP contribution in [0.15, 0.2) is 12.5 Å². The molecular weight excluding hydrogens is 315 g/mol. The molecule has 1 aliphatic rings. The van der Waals surface area contributed by atoms with Crippen molar-refractivity contribution >= 4 is 28.4 Å². The topological polar surface area (TPSA) is 32.3 Å². The molecule has 2 rings (SSSR count). The summed E-state index contributed by atoms with van der Waals surface area (Å²) in [5.41, 5.74) is 0. The standard InChI is InChI=1S/C11H17IN4/c1-15(2)7-9-4-3-5-16(9)11-10(12)6-13-8-14-11/h6,8-9H,3-5,7H2,1-2H3. The molecule has 1 aromatic rings. The molecule has 0 bridgehead atoms. The number of anilines is 1. The molecule has 0 aliphatic carbocycles. The van der Waals surface area contributed by atoms with Crippen LogP contribution in [0.3, 0.4) is 0 Å². The van der Waals surface area contributed by atoms with E-state index in [1.165, 1.54) is 12.8 Å². The van der Waals surface area contributed by atoms with E-state index < -0.39 is 0 Å². The zero-order chi connectivity index (χ0) is 11.5. The Kier molecular flexibility index (Phi) is 3.96. The van der Waals surface area contributed by atoms with Gasteiger partial charge in [-0.1, -0.05) is 0 Å². The maximum atomic E-state index is 4.41. The van der Waals surface area contributed by atoms with E-state index in [0.29, 0.717) is 6.04 Å². The third-order valence-electron chi connectivity index (χ3n) is 2.87. The minimum atomic E-state index is 0.596. The Morgan fingerprint density at radius 1 is 1.56 bits per heavy atom. The summed E-state index contributed by atoms with van der Waals surface area (Å²) in [6.07, 6.45) is 6.05. The van der Waals surface area contributed by atoms with E-state index in [0.717, 1.165) is 22.5 Å². The third kappa shape index (κ3) is 2.63. The number of hydrogen-bond donors (Lipinski definition) is 0. The van der Waals surface area contributed by atoms with E-state index in [1.54, 1.807) is 6.33 Å². The molecule has 0 saturated carbocycles. The normalized spacial score (nSPS) is 20.8. The summed E-state index contributed by atoms with van der Waals surface area (Å²) in [5, 5.41) is 0. The first-order chi connectivity index (χ1) is 7.68. The van der Waals surface area contributed by atoms with Crippen LogP contribution in [0.4, 0.5) is 5.82 Å². The lowest BCUT2D eigenvalue weighted by Crippen LogP contribution is -2.38. The highest BCUT2D eigenvalue weighted by Crippen LogP contribution is 2.27. The van der Waals surface area contributed by atoms with Crippen LogP contribution in [0, 0.1) is 3.57 Å². The van der Waals surface area contributed by atoms with Crippen molar-refractivity contribution in [3.8, 4) is 0 Å². The Balaban J connectivity index is 2.17. The van der Waals surface area contributed by atoms with Gasteiger partial charge in [-0.05, 0) is 49.5 Å². The summed E-state index contributed by atoms with van der Waals surface area (Å²) in [6.45, 7) is 2.21. The summed E-state index contributed by atoms with van der Waals surface area (Å²) < 4.78 is 1.14. The van der Waals surface area contributed by atoms with Gasteiger partial charge >= 0.3 is 0 Å². The summed E-state index contributed by atoms with van der Waals surface area (Å²) in [6, 6.07) is 0.596. The average Bonchev–Trinajstić information content (AvgIpc) is 2.66. The second kappa shape index (κ2) is 5.27. The van der Waals surface area contributed by atoms with Crippen molar-refractivity contribution in [1.82, 2.24) is 14.9 Å². The number of halogens is 1. The molecule has 0 radical (unpaired) electrons. The minimum Gasteiger partial charge on any atom is -0.351 e. The second-order valence-corrected chi connectivity index (χ2v) is 5.61. The smallest absolute Gasteiger partial charge is 0.145 e. The Bertz CT molecular complexity index is 356. The Labute approximate surface area is 110 Å². The van der Waals surface area contributed by atoms with Crippen molar-refractivity contribution in [2.45, 2.75) is 18.9 Å². The van der Waals surface area contributed by atoms with Crippen LogP contribution in [-0.2, 0) is 0 Å². The third-order valence-corrected chi connectivity index (χ3v) is 3.63. The molecular formula is C11H17IN4. The van der Waals surface area contributed by atoms with Crippen molar-refractivity contribution < 1.29 is 0 Å². The number of aromatic nitrogens is 2. The molecule has 5 heteroatoms. The van der Waals surface area contributed by atoms with Gasteiger partial charge in [0.05, 0.1) is 3.57 Å². The fourth-order valence-corrected chi connectivity index (χ4v) is 2.85. The average molecular weight is 332 g/mol. The van der Waals surface area contributed by atoms with Crippen LogP contribution in [0.2, 0.25) is 0 Å². The molecule has 0 aromatic carbocycles. The van der Waals surface area contributed by atoms with Gasteiger partial charge in [0.15, 0.2) is 0 Å². The largest absolute Gasteiger partial charge is 0.351 e. The van der Waals surface area contributed by atoms with Crippen LogP contribution < -0.4 is 4.90 Å². The molecule has 1 saturated heterocycles. The molecule has 1 fully saturated rings. The van der Waals surface area contributed by atoms with Gasteiger partial charge in [0.2, 0.25) is 0 Å². The highest BCUT2D eigenvalue weighted by atomic mass is 127. The van der Waals surface area contributed by atoms with E-state index in [4.69, 9.17) is 0 Å². The Morgan fingerprint density at radius 3 is 3.06 bits per heavy atom. The van der Waals surface area contributed by atoms with Crippen molar-refractivity contribution in [2.75, 3.05) is 32.1 Å². The van der Waals surface area contributed by atoms with Crippen LogP contribution in [0.1, 0.15) is 12.8 Å². The van der Waals surface area contributed by atoms with Gasteiger partial charge in [-0.15, -0.1) is 0 Å². The van der Waals surface area contributed by atoms with Crippen LogP contribution in [0.5, 0.6) is 0 Å². The van der Waals surface area contributed by atoms with E-state index in [1.807, 2.05) is 6.20 Å². The maximum Gasteiger partial charge on any atom is 0.145 e. The fraction of sp³-hybridized carbons (Fsp3) is 0.636. The van der Waals surface area contributed by atoms with E-state index in [2.05, 4.69) is 56.5 Å². The number of likely N-dealkylation sites (N-methyl/N-ethyl adjacent to an activating group) is 1. The molecule has 1 aliphatic heterocycles. The van der Waals surface area contributed by atoms with Crippen molar-refractivity contribution in [2.24, 2.45) is 0 Å². The molecule has 0 amide bonds. The first-order valence-electron chi connectivity index (χ1n) is 5.55. The highest BCUT2D eigenvalue weighted by Gasteiger charge is 2.27. The van der Waals surface area contributed by atoms with Crippen LogP contribution in [-0.4, -0.2) is 48.1 Å². The van der Waals surface area contributed by atoms with Crippen LogP contribution in [0.25, 0.3) is 0 Å². The molecule has 0 N–H and O–H groups in total. The summed E-state index contributed by atoms with van der Waals surface area (Å²) in [7, 11) is 4.25. The summed E-state index contributed by atoms with van der Waals surface area (Å²) in [4.78, 5) is 13.1. The summed E-state index contributed by atoms with van der Waals surface area (Å²) in [5.74, 6) is 1.10. The molecule has 2 heterocycles. The minimum absolute atomic E-state index is 0.596. The predicted molar refractivity (Wildman–Crippen MR) is 73.7 cm³/mol. The Morgan fingerprint density at radius 2 is 2.38 bits per heavy atom. The van der Waals surface area contributed by atoms with Gasteiger partial charge in [-0.25, -0.2) is 9.97 Å². The number of hydrogen-bond acceptors (Lipinski definition) is 4. The Hall–Kier alpha value is -0.430. The lowest BCUT2D eigenvalue weighted by Gasteiger charge is -2.28. The maximum absolute atomic E-state index is 4.41. The molecule has 1 unspecified atom stereocenters. The van der Waals surface area contributed by atoms with E-state index in [9.17, 15) is 0 Å². The quantitative estimate of drug-likeness (QED) is 0.788. The zero-order valence-electron chi connectivity index (χ0n) is 9.73. The SMILES string of the molecule is CN(C)CC1CCCN1c1ncncc1I. The molecule has 1 aromatic heterocycles. The van der Waals surface area contributed by atoms with Crippen molar-refractivity contribution in [3.05, 3.63) is 16.1 Å². The first-order valence-corrected chi connectivity index (χ1v) is 6.63. The highest BCUT2D eigenvalue weighted by molar-refractivity contribution is 14.1. The van der Waals surface area contributed by atoms with Crippen molar-refractivity contribution in [1.29, 1.82) is 0 Å². The van der Waals surface area contributed by atoms with Gasteiger partial charge in [0.1, 0.15) is 12.1 Å². The van der Waals surface area contributed by atoms with Gasteiger partial charge < -0.3 is 9.80 Å². The van der Waals surface area contributed by atoms with E-state index in [-0.39, 0.29) is 0 Å². The van der Waals surface area contributed by atoms with Gasteiger partial charge in [0, 0.05) is 25.3 Å². The van der Waals surface area contributed by atoms with Crippen LogP contribution >= 0.6 is 22.6 Å². The molecule has 88 valence electrons. The molecule has 1 atom stereocenters.